The normalized spacial score (nSPS) is 26.4. The Hall–Kier alpha value is -2.04. The molecule has 1 saturated heterocycles. The first-order valence-electron chi connectivity index (χ1n) is 9.25. The number of methoxy groups -OCH3 is 1. The van der Waals surface area contributed by atoms with Crippen LogP contribution in [0.15, 0.2) is 24.3 Å². The Morgan fingerprint density at radius 3 is 2.68 bits per heavy atom. The van der Waals surface area contributed by atoms with Crippen LogP contribution >= 0.6 is 0 Å². The number of carboxylic acids is 1. The van der Waals surface area contributed by atoms with Gasteiger partial charge in [0.25, 0.3) is 0 Å². The van der Waals surface area contributed by atoms with E-state index in [1.807, 2.05) is 23.1 Å². The SMILES string of the molecule is COc1ccccc1CC1CCCN1C(=O)C1CCCC(C(=O)O)C1. The zero-order chi connectivity index (χ0) is 17.8. The number of carboxylic acid groups (broad SMARTS) is 1. The monoisotopic (exact) mass is 345 g/mol. The first kappa shape index (κ1) is 17.8. The van der Waals surface area contributed by atoms with Gasteiger partial charge in [-0.15, -0.1) is 0 Å². The van der Waals surface area contributed by atoms with Gasteiger partial charge in [0, 0.05) is 18.5 Å². The number of carbonyl (C=O) groups excluding carboxylic acids is 1. The molecule has 5 nitrogen and oxygen atoms in total. The number of para-hydroxylation sites is 1. The lowest BCUT2D eigenvalue weighted by Gasteiger charge is -2.32. The highest BCUT2D eigenvalue weighted by Gasteiger charge is 2.37. The third kappa shape index (κ3) is 3.97. The molecule has 0 radical (unpaired) electrons. The van der Waals surface area contributed by atoms with Crippen molar-refractivity contribution in [1.82, 2.24) is 4.90 Å². The molecule has 1 aliphatic heterocycles. The average Bonchev–Trinajstić information content (AvgIpc) is 3.09. The van der Waals surface area contributed by atoms with Crippen molar-refractivity contribution >= 4 is 11.9 Å². The largest absolute Gasteiger partial charge is 0.496 e. The second-order valence-electron chi connectivity index (χ2n) is 7.24. The van der Waals surface area contributed by atoms with Gasteiger partial charge in [0.05, 0.1) is 13.0 Å². The van der Waals surface area contributed by atoms with E-state index in [4.69, 9.17) is 4.74 Å². The van der Waals surface area contributed by atoms with E-state index in [-0.39, 0.29) is 23.8 Å². The van der Waals surface area contributed by atoms with Gasteiger partial charge < -0.3 is 14.7 Å². The molecule has 5 heteroatoms. The van der Waals surface area contributed by atoms with Gasteiger partial charge in [-0.05, 0) is 50.2 Å². The molecule has 3 rings (SSSR count). The summed E-state index contributed by atoms with van der Waals surface area (Å²) < 4.78 is 5.44. The highest BCUT2D eigenvalue weighted by atomic mass is 16.5. The number of hydrogen-bond donors (Lipinski definition) is 1. The molecule has 1 saturated carbocycles. The molecule has 0 spiro atoms. The van der Waals surface area contributed by atoms with E-state index in [9.17, 15) is 14.7 Å². The second kappa shape index (κ2) is 7.89. The molecular weight excluding hydrogens is 318 g/mol. The molecule has 1 aromatic rings. The van der Waals surface area contributed by atoms with Crippen LogP contribution in [-0.4, -0.2) is 41.6 Å². The zero-order valence-electron chi connectivity index (χ0n) is 14.8. The van der Waals surface area contributed by atoms with Crippen molar-refractivity contribution in [1.29, 1.82) is 0 Å². The Morgan fingerprint density at radius 1 is 1.16 bits per heavy atom. The Balaban J connectivity index is 1.68. The Morgan fingerprint density at radius 2 is 1.92 bits per heavy atom. The smallest absolute Gasteiger partial charge is 0.306 e. The molecule has 0 bridgehead atoms. The summed E-state index contributed by atoms with van der Waals surface area (Å²) in [5, 5.41) is 9.27. The van der Waals surface area contributed by atoms with Crippen LogP contribution in [0, 0.1) is 11.8 Å². The van der Waals surface area contributed by atoms with Crippen LogP contribution in [0.25, 0.3) is 0 Å². The quantitative estimate of drug-likeness (QED) is 0.890. The lowest BCUT2D eigenvalue weighted by molar-refractivity contribution is -0.145. The first-order valence-corrected chi connectivity index (χ1v) is 9.25. The van der Waals surface area contributed by atoms with Gasteiger partial charge in [-0.3, -0.25) is 9.59 Å². The van der Waals surface area contributed by atoms with E-state index in [1.54, 1.807) is 7.11 Å². The van der Waals surface area contributed by atoms with Crippen molar-refractivity contribution in [3.05, 3.63) is 29.8 Å². The zero-order valence-corrected chi connectivity index (χ0v) is 14.8. The van der Waals surface area contributed by atoms with Crippen molar-refractivity contribution in [2.24, 2.45) is 11.8 Å². The van der Waals surface area contributed by atoms with Crippen LogP contribution in [0.3, 0.4) is 0 Å². The topological polar surface area (TPSA) is 66.8 Å². The number of carbonyl (C=O) groups is 2. The maximum atomic E-state index is 13.0. The van der Waals surface area contributed by atoms with Crippen LogP contribution in [0.5, 0.6) is 5.75 Å². The Bertz CT molecular complexity index is 630. The molecule has 2 fully saturated rings. The fraction of sp³-hybridized carbons (Fsp3) is 0.600. The van der Waals surface area contributed by atoms with E-state index in [0.29, 0.717) is 12.8 Å². The predicted molar refractivity (Wildman–Crippen MR) is 94.5 cm³/mol. The molecule has 2 aliphatic rings. The lowest BCUT2D eigenvalue weighted by atomic mass is 9.80. The summed E-state index contributed by atoms with van der Waals surface area (Å²) >= 11 is 0. The standard InChI is InChI=1S/C20H27NO4/c1-25-18-10-3-2-6-14(18)13-17-9-5-11-21(17)19(22)15-7-4-8-16(12-15)20(23)24/h2-3,6,10,15-17H,4-5,7-9,11-13H2,1H3,(H,23,24). The Kier molecular flexibility index (Phi) is 5.61. The number of rotatable bonds is 5. The molecule has 3 unspecified atom stereocenters. The summed E-state index contributed by atoms with van der Waals surface area (Å²) in [5.41, 5.74) is 1.13. The molecule has 1 heterocycles. The molecule has 1 N–H and O–H groups in total. The Labute approximate surface area is 149 Å². The minimum absolute atomic E-state index is 0.131. The number of nitrogens with zero attached hydrogens (tertiary/aromatic N) is 1. The fourth-order valence-electron chi connectivity index (χ4n) is 4.34. The van der Waals surface area contributed by atoms with Crippen LogP contribution < -0.4 is 4.74 Å². The number of benzene rings is 1. The summed E-state index contributed by atoms with van der Waals surface area (Å²) in [4.78, 5) is 26.3. The maximum absolute atomic E-state index is 13.0. The van der Waals surface area contributed by atoms with Crippen LogP contribution in [-0.2, 0) is 16.0 Å². The number of likely N-dealkylation sites (tertiary alicyclic amines) is 1. The minimum Gasteiger partial charge on any atom is -0.496 e. The maximum Gasteiger partial charge on any atom is 0.306 e. The van der Waals surface area contributed by atoms with E-state index < -0.39 is 5.97 Å². The highest BCUT2D eigenvalue weighted by molar-refractivity contribution is 5.81. The van der Waals surface area contributed by atoms with E-state index in [2.05, 4.69) is 6.07 Å². The summed E-state index contributed by atoms with van der Waals surface area (Å²) in [6.07, 6.45) is 5.65. The molecular formula is C20H27NO4. The number of amides is 1. The molecule has 3 atom stereocenters. The minimum atomic E-state index is -0.760. The van der Waals surface area contributed by atoms with Gasteiger partial charge in [0.15, 0.2) is 0 Å². The fourth-order valence-corrected chi connectivity index (χ4v) is 4.34. The van der Waals surface area contributed by atoms with Crippen LogP contribution in [0.4, 0.5) is 0 Å². The van der Waals surface area contributed by atoms with Crippen molar-refractivity contribution in [2.75, 3.05) is 13.7 Å². The predicted octanol–water partition coefficient (Wildman–Crippen LogP) is 3.12. The van der Waals surface area contributed by atoms with E-state index in [0.717, 1.165) is 50.0 Å². The molecule has 25 heavy (non-hydrogen) atoms. The third-order valence-corrected chi connectivity index (χ3v) is 5.68. The van der Waals surface area contributed by atoms with Crippen LogP contribution in [0.1, 0.15) is 44.1 Å². The highest BCUT2D eigenvalue weighted by Crippen LogP contribution is 2.33. The molecule has 1 amide bonds. The lowest BCUT2D eigenvalue weighted by Crippen LogP contribution is -2.42. The van der Waals surface area contributed by atoms with Gasteiger partial charge >= 0.3 is 5.97 Å². The summed E-state index contributed by atoms with van der Waals surface area (Å²) in [6, 6.07) is 8.15. The van der Waals surface area contributed by atoms with Gasteiger partial charge in [-0.25, -0.2) is 0 Å². The van der Waals surface area contributed by atoms with Gasteiger partial charge in [-0.2, -0.15) is 0 Å². The number of hydrogen-bond acceptors (Lipinski definition) is 3. The average molecular weight is 345 g/mol. The van der Waals surface area contributed by atoms with Gasteiger partial charge in [0.2, 0.25) is 5.91 Å². The third-order valence-electron chi connectivity index (χ3n) is 5.68. The second-order valence-corrected chi connectivity index (χ2v) is 7.24. The first-order chi connectivity index (χ1) is 12.1. The molecule has 136 valence electrons. The van der Waals surface area contributed by atoms with Crippen LogP contribution in [0.2, 0.25) is 0 Å². The van der Waals surface area contributed by atoms with Crippen molar-refractivity contribution in [3.8, 4) is 5.75 Å². The van der Waals surface area contributed by atoms with Crippen molar-refractivity contribution in [2.45, 2.75) is 51.0 Å². The molecule has 1 aromatic carbocycles. The van der Waals surface area contributed by atoms with Gasteiger partial charge in [-0.1, -0.05) is 24.6 Å². The number of ether oxygens (including phenoxy) is 1. The molecule has 1 aliphatic carbocycles. The molecule has 0 aromatic heterocycles. The van der Waals surface area contributed by atoms with Gasteiger partial charge in [0.1, 0.15) is 5.75 Å². The summed E-state index contributed by atoms with van der Waals surface area (Å²) in [7, 11) is 1.67. The summed E-state index contributed by atoms with van der Waals surface area (Å²) in [6.45, 7) is 0.785. The number of aliphatic carboxylic acids is 1. The summed E-state index contributed by atoms with van der Waals surface area (Å²) in [5.74, 6) is -0.232. The van der Waals surface area contributed by atoms with Crippen molar-refractivity contribution < 1.29 is 19.4 Å². The van der Waals surface area contributed by atoms with E-state index >= 15 is 0 Å². The van der Waals surface area contributed by atoms with E-state index in [1.165, 1.54) is 0 Å². The van der Waals surface area contributed by atoms with Crippen molar-refractivity contribution in [3.63, 3.8) is 0 Å².